The van der Waals surface area contributed by atoms with E-state index in [0.717, 1.165) is 12.1 Å². The van der Waals surface area contributed by atoms with E-state index >= 15 is 0 Å². The van der Waals surface area contributed by atoms with Crippen LogP contribution in [0.2, 0.25) is 0 Å². The Bertz CT molecular complexity index is 963. The first-order valence-electron chi connectivity index (χ1n) is 9.73. The van der Waals surface area contributed by atoms with E-state index in [1.807, 2.05) is 18.2 Å². The third kappa shape index (κ3) is 4.22. The highest BCUT2D eigenvalue weighted by Gasteiger charge is 2.24. The quantitative estimate of drug-likeness (QED) is 0.710. The first-order chi connectivity index (χ1) is 13.2. The molecule has 4 heteroatoms. The van der Waals surface area contributed by atoms with E-state index in [2.05, 4.69) is 59.4 Å². The molecule has 27 heavy (non-hydrogen) atoms. The Morgan fingerprint density at radius 3 is 2.67 bits per heavy atom. The summed E-state index contributed by atoms with van der Waals surface area (Å²) in [7, 11) is 2.22. The molecule has 1 aliphatic rings. The number of oxazole rings is 1. The molecule has 1 saturated carbocycles. The molecule has 1 aliphatic carbocycles. The number of aromatic nitrogens is 1. The predicted octanol–water partition coefficient (Wildman–Crippen LogP) is 4.79. The van der Waals surface area contributed by atoms with Gasteiger partial charge in [0.15, 0.2) is 5.58 Å². The monoisotopic (exact) mass is 362 g/mol. The van der Waals surface area contributed by atoms with Crippen molar-refractivity contribution in [3.63, 3.8) is 0 Å². The normalized spacial score (nSPS) is 20.7. The van der Waals surface area contributed by atoms with Crippen LogP contribution in [0.5, 0.6) is 0 Å². The minimum Gasteiger partial charge on any atom is -0.408 e. The van der Waals surface area contributed by atoms with Crippen LogP contribution in [-0.2, 0) is 0 Å². The van der Waals surface area contributed by atoms with Gasteiger partial charge in [-0.25, -0.2) is 4.79 Å². The smallest absolute Gasteiger partial charge is 0.408 e. The van der Waals surface area contributed by atoms with Crippen LogP contribution in [0.15, 0.2) is 63.8 Å². The number of H-pyrrole nitrogens is 1. The molecule has 3 aromatic rings. The number of rotatable bonds is 5. The molecular formula is C23H26N2O2. The van der Waals surface area contributed by atoms with E-state index in [1.165, 1.54) is 36.8 Å². The van der Waals surface area contributed by atoms with Crippen molar-refractivity contribution in [2.45, 2.75) is 37.6 Å². The molecule has 0 radical (unpaired) electrons. The Morgan fingerprint density at radius 2 is 1.89 bits per heavy atom. The summed E-state index contributed by atoms with van der Waals surface area (Å²) in [6.45, 7) is 0.977. The van der Waals surface area contributed by atoms with Crippen LogP contribution in [0, 0.1) is 0 Å². The molecule has 4 rings (SSSR count). The Hall–Kier alpha value is -2.59. The average molecular weight is 362 g/mol. The summed E-state index contributed by atoms with van der Waals surface area (Å²) in [5.74, 6) is 0.176. The van der Waals surface area contributed by atoms with E-state index in [9.17, 15) is 4.79 Å². The fourth-order valence-electron chi connectivity index (χ4n) is 4.13. The summed E-state index contributed by atoms with van der Waals surface area (Å²) < 4.78 is 5.21. The minimum atomic E-state index is -0.379. The van der Waals surface area contributed by atoms with Crippen LogP contribution in [0.3, 0.4) is 0 Å². The van der Waals surface area contributed by atoms with E-state index in [0.29, 0.717) is 17.5 Å². The van der Waals surface area contributed by atoms with Crippen molar-refractivity contribution in [1.29, 1.82) is 0 Å². The second-order valence-electron chi connectivity index (χ2n) is 7.53. The molecule has 4 nitrogen and oxygen atoms in total. The van der Waals surface area contributed by atoms with Gasteiger partial charge in [0.2, 0.25) is 0 Å². The Kier molecular flexibility index (Phi) is 5.26. The van der Waals surface area contributed by atoms with Crippen molar-refractivity contribution in [2.75, 3.05) is 13.6 Å². The lowest BCUT2D eigenvalue weighted by Crippen LogP contribution is -2.34. The third-order valence-corrected chi connectivity index (χ3v) is 5.74. The molecule has 1 aromatic heterocycles. The largest absolute Gasteiger partial charge is 0.417 e. The highest BCUT2D eigenvalue weighted by molar-refractivity contribution is 5.72. The SMILES string of the molecule is CN(CC=Cc1ccccc1)C1CCC(c2ccc3[nH]c(=O)oc3c2)CC1. The number of fused-ring (bicyclic) bond motifs is 1. The number of aromatic amines is 1. The van der Waals surface area contributed by atoms with Crippen LogP contribution in [0.25, 0.3) is 17.2 Å². The van der Waals surface area contributed by atoms with Crippen molar-refractivity contribution in [3.8, 4) is 0 Å². The van der Waals surface area contributed by atoms with Gasteiger partial charge in [0.25, 0.3) is 0 Å². The minimum absolute atomic E-state index is 0.379. The van der Waals surface area contributed by atoms with E-state index in [-0.39, 0.29) is 5.76 Å². The molecule has 0 saturated heterocycles. The van der Waals surface area contributed by atoms with Gasteiger partial charge in [-0.3, -0.25) is 9.88 Å². The van der Waals surface area contributed by atoms with Crippen LogP contribution >= 0.6 is 0 Å². The van der Waals surface area contributed by atoms with Crippen molar-refractivity contribution < 1.29 is 4.42 Å². The lowest BCUT2D eigenvalue weighted by molar-refractivity contribution is 0.198. The van der Waals surface area contributed by atoms with Gasteiger partial charge in [-0.15, -0.1) is 0 Å². The van der Waals surface area contributed by atoms with Crippen LogP contribution in [0.4, 0.5) is 0 Å². The second-order valence-corrected chi connectivity index (χ2v) is 7.53. The lowest BCUT2D eigenvalue weighted by atomic mass is 9.81. The summed E-state index contributed by atoms with van der Waals surface area (Å²) in [5.41, 5.74) is 3.99. The molecule has 2 aromatic carbocycles. The number of hydrogen-bond donors (Lipinski definition) is 1. The number of nitrogens with zero attached hydrogens (tertiary/aromatic N) is 1. The van der Waals surface area contributed by atoms with E-state index < -0.39 is 0 Å². The zero-order valence-corrected chi connectivity index (χ0v) is 15.7. The highest BCUT2D eigenvalue weighted by Crippen LogP contribution is 2.35. The van der Waals surface area contributed by atoms with Gasteiger partial charge < -0.3 is 4.42 Å². The number of benzene rings is 2. The predicted molar refractivity (Wildman–Crippen MR) is 110 cm³/mol. The molecule has 1 fully saturated rings. The van der Waals surface area contributed by atoms with Crippen molar-refractivity contribution >= 4 is 17.2 Å². The molecule has 1 heterocycles. The number of nitrogens with one attached hydrogen (secondary N) is 1. The summed E-state index contributed by atoms with van der Waals surface area (Å²) in [5, 5.41) is 0. The molecule has 0 aliphatic heterocycles. The number of likely N-dealkylation sites (N-methyl/N-ethyl adjacent to an activating group) is 1. The standard InChI is InChI=1S/C23H26N2O2/c1-25(15-5-8-17-6-3-2-4-7-17)20-12-9-18(10-13-20)19-11-14-21-22(16-19)27-23(26)24-21/h2-8,11,14,16,18,20H,9-10,12-13,15H2,1H3,(H,24,26). The van der Waals surface area contributed by atoms with Gasteiger partial charge in [0, 0.05) is 12.6 Å². The summed E-state index contributed by atoms with van der Waals surface area (Å²) in [6.07, 6.45) is 9.21. The van der Waals surface area contributed by atoms with Crippen LogP contribution in [-0.4, -0.2) is 29.5 Å². The molecule has 0 unspecified atom stereocenters. The molecule has 0 atom stereocenters. The van der Waals surface area contributed by atoms with Gasteiger partial charge >= 0.3 is 5.76 Å². The van der Waals surface area contributed by atoms with Gasteiger partial charge in [0.05, 0.1) is 5.52 Å². The first kappa shape index (κ1) is 17.8. The van der Waals surface area contributed by atoms with Gasteiger partial charge in [-0.05, 0) is 61.9 Å². The van der Waals surface area contributed by atoms with E-state index in [4.69, 9.17) is 4.42 Å². The van der Waals surface area contributed by atoms with Crippen molar-refractivity contribution in [2.24, 2.45) is 0 Å². The molecule has 1 N–H and O–H groups in total. The fourth-order valence-corrected chi connectivity index (χ4v) is 4.13. The lowest BCUT2D eigenvalue weighted by Gasteiger charge is -2.34. The maximum absolute atomic E-state index is 11.3. The average Bonchev–Trinajstić information content (AvgIpc) is 3.08. The molecule has 0 amide bonds. The third-order valence-electron chi connectivity index (χ3n) is 5.74. The van der Waals surface area contributed by atoms with Gasteiger partial charge in [-0.1, -0.05) is 48.6 Å². The number of hydrogen-bond acceptors (Lipinski definition) is 3. The van der Waals surface area contributed by atoms with Crippen LogP contribution in [0.1, 0.15) is 42.7 Å². The van der Waals surface area contributed by atoms with Gasteiger partial charge in [0.1, 0.15) is 0 Å². The topological polar surface area (TPSA) is 49.2 Å². The first-order valence-corrected chi connectivity index (χ1v) is 9.73. The zero-order valence-electron chi connectivity index (χ0n) is 15.7. The molecule has 0 bridgehead atoms. The molecule has 140 valence electrons. The Labute approximate surface area is 159 Å². The Balaban J connectivity index is 1.32. The fraction of sp³-hybridized carbons (Fsp3) is 0.348. The van der Waals surface area contributed by atoms with Crippen LogP contribution < -0.4 is 5.76 Å². The summed E-state index contributed by atoms with van der Waals surface area (Å²) >= 11 is 0. The molecular weight excluding hydrogens is 336 g/mol. The second kappa shape index (κ2) is 7.97. The molecule has 0 spiro atoms. The Morgan fingerprint density at radius 1 is 1.11 bits per heavy atom. The van der Waals surface area contributed by atoms with Crippen molar-refractivity contribution in [1.82, 2.24) is 9.88 Å². The van der Waals surface area contributed by atoms with E-state index in [1.54, 1.807) is 0 Å². The maximum atomic E-state index is 11.3. The highest BCUT2D eigenvalue weighted by atomic mass is 16.4. The summed E-state index contributed by atoms with van der Waals surface area (Å²) in [4.78, 5) is 16.5. The van der Waals surface area contributed by atoms with Crippen molar-refractivity contribution in [3.05, 3.63) is 76.3 Å². The summed E-state index contributed by atoms with van der Waals surface area (Å²) in [6, 6.07) is 17.2. The maximum Gasteiger partial charge on any atom is 0.417 e. The van der Waals surface area contributed by atoms with Gasteiger partial charge in [-0.2, -0.15) is 0 Å². The zero-order chi connectivity index (χ0) is 18.6.